The number of benzene rings is 1. The number of aromatic nitrogens is 2. The van der Waals surface area contributed by atoms with Gasteiger partial charge in [-0.1, -0.05) is 23.7 Å². The van der Waals surface area contributed by atoms with E-state index in [4.69, 9.17) is 22.1 Å². The minimum atomic E-state index is 0.646. The molecule has 2 rings (SSSR count). The molecule has 0 spiro atoms. The first-order valence-electron chi connectivity index (χ1n) is 6.28. The number of aryl methyl sites for hydroxylation is 1. The van der Waals surface area contributed by atoms with Crippen molar-refractivity contribution in [2.24, 2.45) is 7.05 Å². The van der Waals surface area contributed by atoms with Gasteiger partial charge < -0.3 is 10.5 Å². The summed E-state index contributed by atoms with van der Waals surface area (Å²) in [5.74, 6) is 0.661. The van der Waals surface area contributed by atoms with Crippen molar-refractivity contribution in [2.75, 3.05) is 18.9 Å². The minimum Gasteiger partial charge on any atom is -0.383 e. The van der Waals surface area contributed by atoms with Gasteiger partial charge in [-0.05, 0) is 24.6 Å². The van der Waals surface area contributed by atoms with Crippen LogP contribution in [0.25, 0.3) is 11.1 Å². The molecule has 2 aromatic rings. The highest BCUT2D eigenvalue weighted by molar-refractivity contribution is 6.30. The maximum absolute atomic E-state index is 6.10. The van der Waals surface area contributed by atoms with Crippen molar-refractivity contribution < 1.29 is 4.74 Å². The van der Waals surface area contributed by atoms with Gasteiger partial charge in [0.1, 0.15) is 5.82 Å². The van der Waals surface area contributed by atoms with Gasteiger partial charge in [0.2, 0.25) is 0 Å². The van der Waals surface area contributed by atoms with Crippen molar-refractivity contribution in [3.05, 3.63) is 35.0 Å². The molecule has 0 fully saturated rings. The third kappa shape index (κ3) is 3.08. The molecule has 0 amide bonds. The zero-order chi connectivity index (χ0) is 13.8. The summed E-state index contributed by atoms with van der Waals surface area (Å²) in [5, 5.41) is 5.17. The largest absolute Gasteiger partial charge is 0.383 e. The molecule has 0 aliphatic carbocycles. The Balaban J connectivity index is 2.34. The first kappa shape index (κ1) is 13.9. The van der Waals surface area contributed by atoms with E-state index in [1.807, 2.05) is 38.2 Å². The maximum Gasteiger partial charge on any atom is 0.129 e. The first-order valence-corrected chi connectivity index (χ1v) is 6.66. The van der Waals surface area contributed by atoms with Crippen molar-refractivity contribution in [2.45, 2.75) is 13.3 Å². The number of nitrogens with zero attached hydrogens (tertiary/aromatic N) is 2. The standard InChI is InChI=1S/C14H18ClN3O/c1-3-19-9-8-12-13(14(16)18(2)17-12)10-4-6-11(15)7-5-10/h4-7H,3,8-9,16H2,1-2H3. The van der Waals surface area contributed by atoms with Crippen molar-refractivity contribution in [1.82, 2.24) is 9.78 Å². The predicted molar refractivity (Wildman–Crippen MR) is 78.3 cm³/mol. The van der Waals surface area contributed by atoms with E-state index in [-0.39, 0.29) is 0 Å². The molecule has 19 heavy (non-hydrogen) atoms. The van der Waals surface area contributed by atoms with Gasteiger partial charge in [0.05, 0.1) is 12.3 Å². The molecule has 1 aromatic heterocycles. The molecular weight excluding hydrogens is 262 g/mol. The van der Waals surface area contributed by atoms with E-state index in [1.54, 1.807) is 4.68 Å². The monoisotopic (exact) mass is 279 g/mol. The second kappa shape index (κ2) is 6.08. The topological polar surface area (TPSA) is 53.1 Å². The Labute approximate surface area is 118 Å². The van der Waals surface area contributed by atoms with Gasteiger partial charge in [0, 0.05) is 30.7 Å². The Morgan fingerprint density at radius 1 is 1.32 bits per heavy atom. The molecular formula is C14H18ClN3O. The molecule has 0 unspecified atom stereocenters. The lowest BCUT2D eigenvalue weighted by molar-refractivity contribution is 0.150. The summed E-state index contributed by atoms with van der Waals surface area (Å²) in [6.07, 6.45) is 0.747. The first-order chi connectivity index (χ1) is 9.13. The number of nitrogen functional groups attached to an aromatic ring is 1. The van der Waals surface area contributed by atoms with E-state index in [1.165, 1.54) is 0 Å². The Morgan fingerprint density at radius 2 is 2.00 bits per heavy atom. The molecule has 5 heteroatoms. The Bertz CT molecular complexity index is 549. The van der Waals surface area contributed by atoms with E-state index in [2.05, 4.69) is 5.10 Å². The molecule has 0 aliphatic heterocycles. The van der Waals surface area contributed by atoms with E-state index < -0.39 is 0 Å². The Morgan fingerprint density at radius 3 is 2.63 bits per heavy atom. The van der Waals surface area contributed by atoms with E-state index >= 15 is 0 Å². The lowest BCUT2D eigenvalue weighted by Gasteiger charge is -2.05. The highest BCUT2D eigenvalue weighted by Gasteiger charge is 2.15. The van der Waals surface area contributed by atoms with Crippen LogP contribution in [0.1, 0.15) is 12.6 Å². The summed E-state index contributed by atoms with van der Waals surface area (Å²) in [7, 11) is 1.85. The van der Waals surface area contributed by atoms with Crippen LogP contribution < -0.4 is 5.73 Å². The number of hydrogen-bond donors (Lipinski definition) is 1. The zero-order valence-electron chi connectivity index (χ0n) is 11.2. The SMILES string of the molecule is CCOCCc1nn(C)c(N)c1-c1ccc(Cl)cc1. The molecule has 1 aromatic carbocycles. The summed E-state index contributed by atoms with van der Waals surface area (Å²) < 4.78 is 7.08. The lowest BCUT2D eigenvalue weighted by Crippen LogP contribution is -2.00. The van der Waals surface area contributed by atoms with Crippen LogP contribution in [0, 0.1) is 0 Å². The summed E-state index contributed by atoms with van der Waals surface area (Å²) >= 11 is 5.91. The molecule has 0 saturated heterocycles. The number of hydrogen-bond acceptors (Lipinski definition) is 3. The van der Waals surface area contributed by atoms with E-state index in [9.17, 15) is 0 Å². The lowest BCUT2D eigenvalue weighted by atomic mass is 10.0. The summed E-state index contributed by atoms with van der Waals surface area (Å²) in [6.45, 7) is 3.33. The number of halogens is 1. The smallest absolute Gasteiger partial charge is 0.129 e. The normalized spacial score (nSPS) is 10.9. The van der Waals surface area contributed by atoms with Crippen molar-refractivity contribution in [1.29, 1.82) is 0 Å². The molecule has 4 nitrogen and oxygen atoms in total. The molecule has 0 bridgehead atoms. The van der Waals surface area contributed by atoms with Gasteiger partial charge in [0.15, 0.2) is 0 Å². The van der Waals surface area contributed by atoms with Crippen molar-refractivity contribution >= 4 is 17.4 Å². The van der Waals surface area contributed by atoms with Crippen LogP contribution in [0.3, 0.4) is 0 Å². The second-order valence-electron chi connectivity index (χ2n) is 4.28. The van der Waals surface area contributed by atoms with Crippen LogP contribution in [0.5, 0.6) is 0 Å². The average molecular weight is 280 g/mol. The highest BCUT2D eigenvalue weighted by Crippen LogP contribution is 2.30. The molecule has 0 saturated carbocycles. The zero-order valence-corrected chi connectivity index (χ0v) is 11.9. The Kier molecular flexibility index (Phi) is 4.45. The van der Waals surface area contributed by atoms with Gasteiger partial charge >= 0.3 is 0 Å². The van der Waals surface area contributed by atoms with Crippen LogP contribution >= 0.6 is 11.6 Å². The quantitative estimate of drug-likeness (QED) is 0.856. The number of rotatable bonds is 5. The predicted octanol–water partition coefficient (Wildman–Crippen LogP) is 2.90. The van der Waals surface area contributed by atoms with Gasteiger partial charge in [-0.3, -0.25) is 4.68 Å². The van der Waals surface area contributed by atoms with Crippen LogP contribution in [0.15, 0.2) is 24.3 Å². The molecule has 2 N–H and O–H groups in total. The molecule has 0 aliphatic rings. The van der Waals surface area contributed by atoms with Crippen LogP contribution in [-0.2, 0) is 18.2 Å². The van der Waals surface area contributed by atoms with E-state index in [0.717, 1.165) is 23.2 Å². The summed E-state index contributed by atoms with van der Waals surface area (Å²) in [5.41, 5.74) is 9.06. The fourth-order valence-electron chi connectivity index (χ4n) is 2.01. The summed E-state index contributed by atoms with van der Waals surface area (Å²) in [4.78, 5) is 0. The van der Waals surface area contributed by atoms with Crippen molar-refractivity contribution in [3.8, 4) is 11.1 Å². The second-order valence-corrected chi connectivity index (χ2v) is 4.72. The molecule has 0 atom stereocenters. The third-order valence-electron chi connectivity index (χ3n) is 2.98. The van der Waals surface area contributed by atoms with Crippen molar-refractivity contribution in [3.63, 3.8) is 0 Å². The fourth-order valence-corrected chi connectivity index (χ4v) is 2.14. The van der Waals surface area contributed by atoms with Crippen LogP contribution in [-0.4, -0.2) is 23.0 Å². The van der Waals surface area contributed by atoms with Crippen LogP contribution in [0.4, 0.5) is 5.82 Å². The van der Waals surface area contributed by atoms with Crippen LogP contribution in [0.2, 0.25) is 5.02 Å². The average Bonchev–Trinajstić information content (AvgIpc) is 2.67. The summed E-state index contributed by atoms with van der Waals surface area (Å²) in [6, 6.07) is 7.63. The minimum absolute atomic E-state index is 0.646. The van der Waals surface area contributed by atoms with Gasteiger partial charge in [-0.15, -0.1) is 0 Å². The molecule has 1 heterocycles. The van der Waals surface area contributed by atoms with Gasteiger partial charge in [0.25, 0.3) is 0 Å². The molecule has 0 radical (unpaired) electrons. The number of nitrogens with two attached hydrogens (primary N) is 1. The number of ether oxygens (including phenoxy) is 1. The Hall–Kier alpha value is -1.52. The maximum atomic E-state index is 6.10. The number of anilines is 1. The fraction of sp³-hybridized carbons (Fsp3) is 0.357. The third-order valence-corrected chi connectivity index (χ3v) is 3.24. The van der Waals surface area contributed by atoms with Gasteiger partial charge in [-0.2, -0.15) is 5.10 Å². The van der Waals surface area contributed by atoms with Gasteiger partial charge in [-0.25, -0.2) is 0 Å². The highest BCUT2D eigenvalue weighted by atomic mass is 35.5. The van der Waals surface area contributed by atoms with E-state index in [0.29, 0.717) is 24.1 Å². The molecule has 102 valence electrons.